The summed E-state index contributed by atoms with van der Waals surface area (Å²) in [6.07, 6.45) is 5.95. The van der Waals surface area contributed by atoms with Crippen LogP contribution >= 0.6 is 0 Å². The predicted octanol–water partition coefficient (Wildman–Crippen LogP) is 2.34. The van der Waals surface area contributed by atoms with E-state index in [1.54, 1.807) is 0 Å². The van der Waals surface area contributed by atoms with Crippen molar-refractivity contribution in [1.82, 2.24) is 5.32 Å². The van der Waals surface area contributed by atoms with Gasteiger partial charge < -0.3 is 5.32 Å². The minimum atomic E-state index is 0.568. The highest BCUT2D eigenvalue weighted by Crippen LogP contribution is 2.36. The normalized spacial score (nSPS) is 28.7. The second-order valence-corrected chi connectivity index (χ2v) is 4.30. The molecule has 0 saturated heterocycles. The maximum atomic E-state index is 3.70. The molecule has 1 aliphatic carbocycles. The first-order chi connectivity index (χ1) is 5.14. The van der Waals surface area contributed by atoms with Crippen LogP contribution in [-0.2, 0) is 0 Å². The smallest absolute Gasteiger partial charge is 0.0134 e. The zero-order chi connectivity index (χ0) is 8.32. The number of nitrogens with one attached hydrogen (secondary N) is 1. The van der Waals surface area contributed by atoms with Crippen LogP contribution in [0.3, 0.4) is 0 Å². The molecule has 0 spiro atoms. The molecule has 0 radical (unpaired) electrons. The maximum absolute atomic E-state index is 3.70. The van der Waals surface area contributed by atoms with Gasteiger partial charge in [0.1, 0.15) is 0 Å². The average molecular weight is 153 g/mol. The Bertz CT molecular complexity index is 138. The van der Waals surface area contributed by atoms with Crippen LogP contribution in [0.5, 0.6) is 0 Å². The van der Waals surface area contributed by atoms with E-state index in [9.17, 15) is 0 Å². The molecule has 1 unspecified atom stereocenters. The molecule has 1 aliphatic rings. The largest absolute Gasteiger partial charge is 0.311 e. The second-order valence-electron chi connectivity index (χ2n) is 4.30. The second kappa shape index (κ2) is 3.40. The van der Waals surface area contributed by atoms with Gasteiger partial charge in [0.05, 0.1) is 0 Å². The fourth-order valence-electron chi connectivity index (χ4n) is 1.86. The molecule has 11 heavy (non-hydrogen) atoms. The Morgan fingerprint density at radius 2 is 2.36 bits per heavy atom. The third-order valence-corrected chi connectivity index (χ3v) is 2.52. The number of rotatable bonds is 3. The quantitative estimate of drug-likeness (QED) is 0.614. The topological polar surface area (TPSA) is 12.0 Å². The summed E-state index contributed by atoms with van der Waals surface area (Å²) in [5, 5.41) is 3.47. The van der Waals surface area contributed by atoms with Crippen LogP contribution in [0, 0.1) is 5.41 Å². The molecule has 1 fully saturated rings. The summed E-state index contributed by atoms with van der Waals surface area (Å²) in [5.41, 5.74) is 0.568. The van der Waals surface area contributed by atoms with Crippen molar-refractivity contribution in [2.75, 3.05) is 6.54 Å². The standard InChI is InChI=1S/C10H19N/c1-4-7-11-9-5-6-10(2,3)8-9/h4,9,11H,1,5-8H2,2-3H3. The van der Waals surface area contributed by atoms with Crippen LogP contribution in [0.1, 0.15) is 33.1 Å². The van der Waals surface area contributed by atoms with E-state index in [2.05, 4.69) is 25.7 Å². The van der Waals surface area contributed by atoms with Crippen LogP contribution in [-0.4, -0.2) is 12.6 Å². The van der Waals surface area contributed by atoms with E-state index in [0.29, 0.717) is 5.41 Å². The minimum absolute atomic E-state index is 0.568. The summed E-state index contributed by atoms with van der Waals surface area (Å²) in [5.74, 6) is 0. The summed E-state index contributed by atoms with van der Waals surface area (Å²) in [7, 11) is 0. The van der Waals surface area contributed by atoms with Gasteiger partial charge >= 0.3 is 0 Å². The molecular weight excluding hydrogens is 134 g/mol. The summed E-state index contributed by atoms with van der Waals surface area (Å²) in [6.45, 7) is 9.35. The van der Waals surface area contributed by atoms with Gasteiger partial charge in [-0.25, -0.2) is 0 Å². The van der Waals surface area contributed by atoms with Crippen molar-refractivity contribution in [3.63, 3.8) is 0 Å². The predicted molar refractivity (Wildman–Crippen MR) is 49.6 cm³/mol. The molecule has 0 aromatic carbocycles. The molecule has 0 aromatic heterocycles. The lowest BCUT2D eigenvalue weighted by Crippen LogP contribution is -2.27. The van der Waals surface area contributed by atoms with Gasteiger partial charge in [-0.05, 0) is 24.7 Å². The molecule has 0 aliphatic heterocycles. The van der Waals surface area contributed by atoms with Gasteiger partial charge in [-0.15, -0.1) is 6.58 Å². The lowest BCUT2D eigenvalue weighted by Gasteiger charge is -2.17. The monoisotopic (exact) mass is 153 g/mol. The third-order valence-electron chi connectivity index (χ3n) is 2.52. The molecule has 1 nitrogen and oxygen atoms in total. The van der Waals surface area contributed by atoms with Gasteiger partial charge in [0.15, 0.2) is 0 Å². The fourth-order valence-corrected chi connectivity index (χ4v) is 1.86. The third kappa shape index (κ3) is 2.66. The first-order valence-corrected chi connectivity index (χ1v) is 4.48. The molecular formula is C10H19N. The fraction of sp³-hybridized carbons (Fsp3) is 0.800. The first-order valence-electron chi connectivity index (χ1n) is 4.48. The van der Waals surface area contributed by atoms with E-state index in [1.165, 1.54) is 19.3 Å². The summed E-state index contributed by atoms with van der Waals surface area (Å²) >= 11 is 0. The summed E-state index contributed by atoms with van der Waals surface area (Å²) in [6, 6.07) is 0.739. The maximum Gasteiger partial charge on any atom is 0.0134 e. The lowest BCUT2D eigenvalue weighted by atomic mass is 9.92. The van der Waals surface area contributed by atoms with Crippen molar-refractivity contribution in [3.8, 4) is 0 Å². The average Bonchev–Trinajstić information content (AvgIpc) is 2.26. The number of hydrogen-bond donors (Lipinski definition) is 1. The van der Waals surface area contributed by atoms with E-state index >= 15 is 0 Å². The van der Waals surface area contributed by atoms with Crippen molar-refractivity contribution in [2.45, 2.75) is 39.2 Å². The van der Waals surface area contributed by atoms with Crippen LogP contribution in [0.4, 0.5) is 0 Å². The molecule has 1 rings (SSSR count). The molecule has 1 saturated carbocycles. The van der Waals surface area contributed by atoms with E-state index in [0.717, 1.165) is 12.6 Å². The van der Waals surface area contributed by atoms with Crippen molar-refractivity contribution in [2.24, 2.45) is 5.41 Å². The molecule has 0 amide bonds. The van der Waals surface area contributed by atoms with Crippen molar-refractivity contribution in [1.29, 1.82) is 0 Å². The molecule has 1 N–H and O–H groups in total. The van der Waals surface area contributed by atoms with Crippen LogP contribution < -0.4 is 5.32 Å². The van der Waals surface area contributed by atoms with E-state index < -0.39 is 0 Å². The molecule has 0 aromatic rings. The summed E-state index contributed by atoms with van der Waals surface area (Å²) in [4.78, 5) is 0. The van der Waals surface area contributed by atoms with Crippen molar-refractivity contribution in [3.05, 3.63) is 12.7 Å². The first kappa shape index (κ1) is 8.79. The SMILES string of the molecule is C=CCNC1CCC(C)(C)C1. The minimum Gasteiger partial charge on any atom is -0.311 e. The van der Waals surface area contributed by atoms with Gasteiger partial charge in [0, 0.05) is 12.6 Å². The number of hydrogen-bond acceptors (Lipinski definition) is 1. The van der Waals surface area contributed by atoms with Crippen LogP contribution in [0.25, 0.3) is 0 Å². The highest BCUT2D eigenvalue weighted by Gasteiger charge is 2.29. The van der Waals surface area contributed by atoms with E-state index in [1.807, 2.05) is 6.08 Å². The molecule has 1 atom stereocenters. The Morgan fingerprint density at radius 1 is 1.64 bits per heavy atom. The van der Waals surface area contributed by atoms with E-state index in [4.69, 9.17) is 0 Å². The van der Waals surface area contributed by atoms with Gasteiger partial charge in [-0.2, -0.15) is 0 Å². The highest BCUT2D eigenvalue weighted by atomic mass is 14.9. The molecule has 0 bridgehead atoms. The highest BCUT2D eigenvalue weighted by molar-refractivity contribution is 4.87. The van der Waals surface area contributed by atoms with Crippen molar-refractivity contribution >= 4 is 0 Å². The van der Waals surface area contributed by atoms with Crippen molar-refractivity contribution < 1.29 is 0 Å². The zero-order valence-electron chi connectivity index (χ0n) is 7.69. The Labute approximate surface area is 69.9 Å². The summed E-state index contributed by atoms with van der Waals surface area (Å²) < 4.78 is 0. The zero-order valence-corrected chi connectivity index (χ0v) is 7.69. The molecule has 0 heterocycles. The van der Waals surface area contributed by atoms with Crippen LogP contribution in [0.15, 0.2) is 12.7 Å². The Balaban J connectivity index is 2.24. The van der Waals surface area contributed by atoms with Gasteiger partial charge in [0.25, 0.3) is 0 Å². The molecule has 64 valence electrons. The Morgan fingerprint density at radius 3 is 2.82 bits per heavy atom. The van der Waals surface area contributed by atoms with Gasteiger partial charge in [-0.1, -0.05) is 19.9 Å². The van der Waals surface area contributed by atoms with Gasteiger partial charge in [-0.3, -0.25) is 0 Å². The van der Waals surface area contributed by atoms with Gasteiger partial charge in [0.2, 0.25) is 0 Å². The Hall–Kier alpha value is -0.300. The molecule has 1 heteroatoms. The van der Waals surface area contributed by atoms with Crippen LogP contribution in [0.2, 0.25) is 0 Å². The Kier molecular flexibility index (Phi) is 2.72. The lowest BCUT2D eigenvalue weighted by molar-refractivity contribution is 0.367. The van der Waals surface area contributed by atoms with E-state index in [-0.39, 0.29) is 0 Å².